The van der Waals surface area contributed by atoms with Crippen LogP contribution in [0.2, 0.25) is 0 Å². The molecule has 1 aliphatic carbocycles. The molecule has 2 fully saturated rings. The van der Waals surface area contributed by atoms with Crippen molar-refractivity contribution in [1.29, 1.82) is 0 Å². The summed E-state index contributed by atoms with van der Waals surface area (Å²) in [5, 5.41) is 0. The summed E-state index contributed by atoms with van der Waals surface area (Å²) in [4.78, 5) is 21.6. The molecule has 0 N–H and O–H groups in total. The first-order valence-electron chi connectivity index (χ1n) is 10.2. The maximum atomic E-state index is 12.9. The third-order valence-corrected chi connectivity index (χ3v) is 6.85. The first kappa shape index (κ1) is 19.6. The molecule has 4 rings (SSSR count). The van der Waals surface area contributed by atoms with E-state index in [4.69, 9.17) is 0 Å². The molecular weight excluding hydrogens is 414 g/mol. The number of hydrogen-bond acceptors (Lipinski definition) is 3. The van der Waals surface area contributed by atoms with Gasteiger partial charge in [-0.3, -0.25) is 9.78 Å². The molecule has 1 aliphatic heterocycles. The zero-order valence-electron chi connectivity index (χ0n) is 16.4. The van der Waals surface area contributed by atoms with Crippen molar-refractivity contribution in [3.05, 3.63) is 64.4 Å². The van der Waals surface area contributed by atoms with Gasteiger partial charge >= 0.3 is 0 Å². The van der Waals surface area contributed by atoms with E-state index in [1.165, 1.54) is 11.1 Å². The second-order valence-corrected chi connectivity index (χ2v) is 9.04. The third kappa shape index (κ3) is 4.64. The Labute approximate surface area is 176 Å². The van der Waals surface area contributed by atoms with E-state index in [1.807, 2.05) is 24.3 Å². The molecule has 0 unspecified atom stereocenters. The minimum Gasteiger partial charge on any atom is -0.342 e. The Morgan fingerprint density at radius 3 is 2.50 bits per heavy atom. The van der Waals surface area contributed by atoms with Gasteiger partial charge in [0.2, 0.25) is 5.91 Å². The Morgan fingerprint density at radius 2 is 1.82 bits per heavy atom. The van der Waals surface area contributed by atoms with E-state index < -0.39 is 0 Å². The number of rotatable bonds is 6. The highest BCUT2D eigenvalue weighted by Crippen LogP contribution is 2.48. The maximum absolute atomic E-state index is 12.9. The average Bonchev–Trinajstić information content (AvgIpc) is 3.54. The molecule has 148 valence electrons. The van der Waals surface area contributed by atoms with Gasteiger partial charge in [0.1, 0.15) is 0 Å². The summed E-state index contributed by atoms with van der Waals surface area (Å²) in [6.07, 6.45) is 7.94. The molecule has 2 aromatic rings. The van der Waals surface area contributed by atoms with E-state index in [1.54, 1.807) is 0 Å². The summed E-state index contributed by atoms with van der Waals surface area (Å²) >= 11 is 3.48. The van der Waals surface area contributed by atoms with Gasteiger partial charge in [-0.15, -0.1) is 0 Å². The minimum absolute atomic E-state index is 0.177. The Morgan fingerprint density at radius 1 is 1.14 bits per heavy atom. The molecule has 2 atom stereocenters. The molecular formula is C23H28BrN3O. The fourth-order valence-corrected chi connectivity index (χ4v) is 4.62. The Bertz CT molecular complexity index is 787. The normalized spacial score (nSPS) is 22.8. The molecule has 1 saturated heterocycles. The van der Waals surface area contributed by atoms with E-state index in [9.17, 15) is 4.79 Å². The van der Waals surface area contributed by atoms with Gasteiger partial charge in [0.05, 0.1) is 0 Å². The van der Waals surface area contributed by atoms with Crippen molar-refractivity contribution in [2.75, 3.05) is 26.7 Å². The number of likely N-dealkylation sites (tertiary alicyclic amines) is 1. The Balaban J connectivity index is 1.23. The van der Waals surface area contributed by atoms with Crippen LogP contribution in [0, 0.1) is 5.92 Å². The number of aromatic nitrogens is 1. The van der Waals surface area contributed by atoms with Crippen molar-refractivity contribution in [1.82, 2.24) is 14.8 Å². The van der Waals surface area contributed by atoms with Gasteiger partial charge in [-0.2, -0.15) is 0 Å². The average molecular weight is 442 g/mol. The summed E-state index contributed by atoms with van der Waals surface area (Å²) in [7, 11) is 2.01. The molecule has 28 heavy (non-hydrogen) atoms. The maximum Gasteiger partial charge on any atom is 0.226 e. The summed E-state index contributed by atoms with van der Waals surface area (Å²) in [6, 6.07) is 13.0. The highest BCUT2D eigenvalue weighted by atomic mass is 79.9. The van der Waals surface area contributed by atoms with E-state index in [0.29, 0.717) is 17.9 Å². The molecule has 0 radical (unpaired) electrons. The van der Waals surface area contributed by atoms with Gasteiger partial charge in [-0.1, -0.05) is 28.1 Å². The number of nitrogens with zero attached hydrogens (tertiary/aromatic N) is 3. The molecule has 0 spiro atoms. The largest absolute Gasteiger partial charge is 0.342 e. The lowest BCUT2D eigenvalue weighted by atomic mass is 10.0. The first-order valence-corrected chi connectivity index (χ1v) is 11.0. The van der Waals surface area contributed by atoms with Crippen LogP contribution in [0.15, 0.2) is 53.3 Å². The molecule has 2 heterocycles. The van der Waals surface area contributed by atoms with Crippen molar-refractivity contribution in [2.45, 2.75) is 37.6 Å². The van der Waals surface area contributed by atoms with Crippen LogP contribution in [0.4, 0.5) is 0 Å². The molecule has 5 heteroatoms. The third-order valence-electron chi connectivity index (χ3n) is 6.32. The number of benzene rings is 1. The smallest absolute Gasteiger partial charge is 0.226 e. The predicted octanol–water partition coefficient (Wildman–Crippen LogP) is 4.11. The van der Waals surface area contributed by atoms with Crippen LogP contribution in [0.1, 0.15) is 36.3 Å². The van der Waals surface area contributed by atoms with Gasteiger partial charge < -0.3 is 9.80 Å². The summed E-state index contributed by atoms with van der Waals surface area (Å²) in [5.41, 5.74) is 2.64. The topological polar surface area (TPSA) is 36.4 Å². The van der Waals surface area contributed by atoms with Crippen molar-refractivity contribution in [3.8, 4) is 0 Å². The van der Waals surface area contributed by atoms with Crippen LogP contribution in [0.25, 0.3) is 0 Å². The van der Waals surface area contributed by atoms with Crippen LogP contribution in [0.5, 0.6) is 0 Å². The zero-order valence-corrected chi connectivity index (χ0v) is 18.0. The minimum atomic E-state index is 0.177. The fourth-order valence-electron chi connectivity index (χ4n) is 4.35. The zero-order chi connectivity index (χ0) is 19.5. The van der Waals surface area contributed by atoms with Crippen molar-refractivity contribution in [3.63, 3.8) is 0 Å². The van der Waals surface area contributed by atoms with Crippen LogP contribution >= 0.6 is 15.9 Å². The number of piperidine rings is 1. The van der Waals surface area contributed by atoms with Gasteiger partial charge in [-0.05, 0) is 67.0 Å². The lowest BCUT2D eigenvalue weighted by Gasteiger charge is -2.37. The number of hydrogen-bond donors (Lipinski definition) is 0. The van der Waals surface area contributed by atoms with E-state index in [-0.39, 0.29) is 5.92 Å². The number of carbonyl (C=O) groups excluding carboxylic acids is 1. The van der Waals surface area contributed by atoms with Crippen molar-refractivity contribution in [2.24, 2.45) is 5.92 Å². The molecule has 1 saturated carbocycles. The van der Waals surface area contributed by atoms with E-state index in [0.717, 1.165) is 49.8 Å². The van der Waals surface area contributed by atoms with Crippen LogP contribution in [-0.2, 0) is 11.2 Å². The molecule has 1 aromatic heterocycles. The van der Waals surface area contributed by atoms with Crippen LogP contribution in [-0.4, -0.2) is 53.4 Å². The quantitative estimate of drug-likeness (QED) is 0.676. The highest BCUT2D eigenvalue weighted by Gasteiger charge is 2.46. The number of halogens is 1. The van der Waals surface area contributed by atoms with Gasteiger partial charge in [0.15, 0.2) is 0 Å². The van der Waals surface area contributed by atoms with Gasteiger partial charge in [-0.25, -0.2) is 0 Å². The Kier molecular flexibility index (Phi) is 6.12. The fraction of sp³-hybridized carbons (Fsp3) is 0.478. The van der Waals surface area contributed by atoms with E-state index in [2.05, 4.69) is 62.2 Å². The lowest BCUT2D eigenvalue weighted by Crippen LogP contribution is -2.46. The standard InChI is InChI=1S/C23H28BrN3O/c1-26(23(28)22-16-21(22)18-2-4-19(24)5-3-18)20-9-14-27(15-10-20)13-8-17-6-11-25-12-7-17/h2-7,11-12,20-22H,8-10,13-16H2,1H3/t21-,22+/m0/s1. The highest BCUT2D eigenvalue weighted by molar-refractivity contribution is 9.10. The number of pyridine rings is 1. The molecule has 0 bridgehead atoms. The van der Waals surface area contributed by atoms with E-state index >= 15 is 0 Å². The summed E-state index contributed by atoms with van der Waals surface area (Å²) < 4.78 is 1.09. The molecule has 4 nitrogen and oxygen atoms in total. The molecule has 1 aromatic carbocycles. The number of carbonyl (C=O) groups is 1. The summed E-state index contributed by atoms with van der Waals surface area (Å²) in [6.45, 7) is 3.24. The number of amides is 1. The van der Waals surface area contributed by atoms with Crippen LogP contribution in [0.3, 0.4) is 0 Å². The molecule has 2 aliphatic rings. The summed E-state index contributed by atoms with van der Waals surface area (Å²) in [5.74, 6) is 0.919. The Hall–Kier alpha value is -1.72. The van der Waals surface area contributed by atoms with Crippen molar-refractivity contribution >= 4 is 21.8 Å². The predicted molar refractivity (Wildman–Crippen MR) is 115 cm³/mol. The van der Waals surface area contributed by atoms with Crippen molar-refractivity contribution < 1.29 is 4.79 Å². The first-order chi connectivity index (χ1) is 13.6. The van der Waals surface area contributed by atoms with Crippen LogP contribution < -0.4 is 0 Å². The second-order valence-electron chi connectivity index (χ2n) is 8.13. The van der Waals surface area contributed by atoms with Gasteiger partial charge in [0, 0.05) is 55.5 Å². The monoisotopic (exact) mass is 441 g/mol. The second kappa shape index (κ2) is 8.75. The van der Waals surface area contributed by atoms with Gasteiger partial charge in [0.25, 0.3) is 0 Å². The lowest BCUT2D eigenvalue weighted by molar-refractivity contribution is -0.134. The molecule has 1 amide bonds. The SMILES string of the molecule is CN(C(=O)[C@@H]1C[C@H]1c1ccc(Br)cc1)C1CCN(CCc2ccncc2)CC1.